The molecule has 0 aliphatic carbocycles. The van der Waals surface area contributed by atoms with Crippen LogP contribution in [-0.2, 0) is 0 Å². The Balaban J connectivity index is 1.11. The van der Waals surface area contributed by atoms with Crippen molar-refractivity contribution in [3.8, 4) is 27.9 Å². The summed E-state index contributed by atoms with van der Waals surface area (Å²) < 4.78 is 15.8. The van der Waals surface area contributed by atoms with Crippen molar-refractivity contribution in [2.45, 2.75) is 0 Å². The van der Waals surface area contributed by atoms with Gasteiger partial charge in [-0.2, -0.15) is 0 Å². The zero-order chi connectivity index (χ0) is 38.2. The van der Waals surface area contributed by atoms with Crippen LogP contribution in [0.3, 0.4) is 0 Å². The molecule has 0 fully saturated rings. The van der Waals surface area contributed by atoms with E-state index >= 15 is 0 Å². The highest BCUT2D eigenvalue weighted by atomic mass is 16.3. The Morgan fingerprint density at radius 1 is 0.345 bits per heavy atom. The number of fused-ring (bicyclic) bond motifs is 9. The number of aromatic nitrogens is 1. The lowest BCUT2D eigenvalue weighted by Gasteiger charge is -2.28. The Morgan fingerprint density at radius 2 is 0.862 bits per heavy atom. The van der Waals surface area contributed by atoms with Crippen LogP contribution in [0.5, 0.6) is 0 Å². The SMILES string of the molecule is c1ccc(N(c2ccc(-c3cccc4c3oc3ccccc34)cc2)c2ccc3c(oc4ccccc43)c2-c2ccccc2-n2c3ccccc3c3ccccc32)cc1. The van der Waals surface area contributed by atoms with Crippen molar-refractivity contribution in [1.29, 1.82) is 0 Å². The molecule has 0 saturated carbocycles. The van der Waals surface area contributed by atoms with Gasteiger partial charge in [-0.25, -0.2) is 0 Å². The molecule has 3 aromatic heterocycles. The minimum absolute atomic E-state index is 0.848. The van der Waals surface area contributed by atoms with Gasteiger partial charge < -0.3 is 18.3 Å². The molecule has 0 amide bonds. The number of hydrogen-bond acceptors (Lipinski definition) is 3. The van der Waals surface area contributed by atoms with Crippen molar-refractivity contribution in [2.75, 3.05) is 4.90 Å². The van der Waals surface area contributed by atoms with E-state index in [-0.39, 0.29) is 0 Å². The third kappa shape index (κ3) is 4.88. The van der Waals surface area contributed by atoms with Crippen LogP contribution in [-0.4, -0.2) is 4.57 Å². The van der Waals surface area contributed by atoms with Crippen LogP contribution < -0.4 is 4.90 Å². The van der Waals surface area contributed by atoms with E-state index in [1.807, 2.05) is 18.2 Å². The van der Waals surface area contributed by atoms with Gasteiger partial charge in [-0.1, -0.05) is 140 Å². The predicted molar refractivity (Wildman–Crippen MR) is 241 cm³/mol. The molecular weight excluding hydrogens is 709 g/mol. The van der Waals surface area contributed by atoms with Crippen LogP contribution >= 0.6 is 0 Å². The first-order valence-electron chi connectivity index (χ1n) is 19.7. The van der Waals surface area contributed by atoms with Crippen LogP contribution in [0.4, 0.5) is 17.1 Å². The third-order valence-electron chi connectivity index (χ3n) is 11.6. The van der Waals surface area contributed by atoms with Crippen LogP contribution in [0.1, 0.15) is 0 Å². The summed E-state index contributed by atoms with van der Waals surface area (Å²) >= 11 is 0. The monoisotopic (exact) mass is 742 g/mol. The van der Waals surface area contributed by atoms with Gasteiger partial charge in [0.25, 0.3) is 0 Å². The Morgan fingerprint density at radius 3 is 1.57 bits per heavy atom. The summed E-state index contributed by atoms with van der Waals surface area (Å²) in [6, 6.07) is 73.1. The minimum Gasteiger partial charge on any atom is -0.455 e. The normalized spacial score (nSPS) is 11.8. The number of nitrogens with zero attached hydrogens (tertiary/aromatic N) is 2. The van der Waals surface area contributed by atoms with Crippen LogP contribution in [0.15, 0.2) is 215 Å². The Kier molecular flexibility index (Phi) is 7.20. The highest BCUT2D eigenvalue weighted by Crippen LogP contribution is 2.49. The zero-order valence-corrected chi connectivity index (χ0v) is 31.3. The molecule has 0 bridgehead atoms. The second-order valence-electron chi connectivity index (χ2n) is 14.8. The van der Waals surface area contributed by atoms with Gasteiger partial charge in [0.05, 0.1) is 28.0 Å². The number of furan rings is 2. The first kappa shape index (κ1) is 32.4. The van der Waals surface area contributed by atoms with Crippen molar-refractivity contribution >= 4 is 82.7 Å². The smallest absolute Gasteiger partial charge is 0.145 e. The summed E-state index contributed by atoms with van der Waals surface area (Å²) in [6.07, 6.45) is 0. The Labute approximate surface area is 334 Å². The first-order valence-corrected chi connectivity index (χ1v) is 19.7. The van der Waals surface area contributed by atoms with E-state index in [2.05, 4.69) is 198 Å². The van der Waals surface area contributed by atoms with E-state index < -0.39 is 0 Å². The summed E-state index contributed by atoms with van der Waals surface area (Å²) in [5, 5.41) is 6.86. The Bertz CT molecular complexity index is 3460. The van der Waals surface area contributed by atoms with Crippen molar-refractivity contribution in [2.24, 2.45) is 0 Å². The number of benzene rings is 9. The average Bonchev–Trinajstić information content (AvgIpc) is 3.97. The molecule has 12 aromatic rings. The quantitative estimate of drug-likeness (QED) is 0.170. The molecule has 0 spiro atoms. The van der Waals surface area contributed by atoms with Crippen molar-refractivity contribution in [1.82, 2.24) is 4.57 Å². The molecule has 4 heteroatoms. The number of anilines is 3. The van der Waals surface area contributed by atoms with E-state index in [1.54, 1.807) is 0 Å². The largest absolute Gasteiger partial charge is 0.455 e. The topological polar surface area (TPSA) is 34.5 Å². The fourth-order valence-corrected chi connectivity index (χ4v) is 9.06. The second-order valence-corrected chi connectivity index (χ2v) is 14.8. The van der Waals surface area contributed by atoms with E-state index in [0.717, 1.165) is 99.9 Å². The zero-order valence-electron chi connectivity index (χ0n) is 31.3. The molecule has 0 saturated heterocycles. The molecule has 12 rings (SSSR count). The van der Waals surface area contributed by atoms with Crippen molar-refractivity contribution < 1.29 is 8.83 Å². The lowest BCUT2D eigenvalue weighted by molar-refractivity contribution is 0.669. The van der Waals surface area contributed by atoms with E-state index in [4.69, 9.17) is 8.83 Å². The lowest BCUT2D eigenvalue weighted by Crippen LogP contribution is -2.11. The van der Waals surface area contributed by atoms with E-state index in [0.29, 0.717) is 0 Å². The van der Waals surface area contributed by atoms with Crippen LogP contribution in [0, 0.1) is 0 Å². The fourth-order valence-electron chi connectivity index (χ4n) is 9.06. The summed E-state index contributed by atoms with van der Waals surface area (Å²) in [5.41, 5.74) is 14.2. The lowest BCUT2D eigenvalue weighted by atomic mass is 9.96. The number of rotatable bonds is 6. The molecule has 272 valence electrons. The summed E-state index contributed by atoms with van der Waals surface area (Å²) in [6.45, 7) is 0. The van der Waals surface area contributed by atoms with Gasteiger partial charge in [0.2, 0.25) is 0 Å². The van der Waals surface area contributed by atoms with Gasteiger partial charge in [-0.05, 0) is 72.3 Å². The molecule has 58 heavy (non-hydrogen) atoms. The van der Waals surface area contributed by atoms with Gasteiger partial charge >= 0.3 is 0 Å². The molecule has 0 radical (unpaired) electrons. The molecule has 0 aliphatic heterocycles. The van der Waals surface area contributed by atoms with Crippen molar-refractivity contribution in [3.05, 3.63) is 206 Å². The highest BCUT2D eigenvalue weighted by molar-refractivity contribution is 6.15. The number of para-hydroxylation sites is 7. The van der Waals surface area contributed by atoms with Crippen molar-refractivity contribution in [3.63, 3.8) is 0 Å². The summed E-state index contributed by atoms with van der Waals surface area (Å²) in [7, 11) is 0. The average molecular weight is 743 g/mol. The maximum atomic E-state index is 6.94. The standard InChI is InChI=1S/C54H34N2O2/c1-2-15-36(16-3-1)55(37-31-29-35(30-32-37)38-22-14-23-43-41-19-7-12-27-50(41)57-53(38)43)49-34-33-44-42-20-8-13-28-51(42)58-54(44)52(49)45-21-6-11-26-48(45)56-46-24-9-4-17-39(46)40-18-5-10-25-47(40)56/h1-34H. The molecule has 0 aliphatic rings. The maximum Gasteiger partial charge on any atom is 0.145 e. The molecule has 3 heterocycles. The van der Waals surface area contributed by atoms with Crippen LogP contribution in [0.2, 0.25) is 0 Å². The van der Waals surface area contributed by atoms with Gasteiger partial charge in [0, 0.05) is 54.8 Å². The van der Waals surface area contributed by atoms with Gasteiger partial charge in [0.15, 0.2) is 0 Å². The van der Waals surface area contributed by atoms with E-state index in [1.165, 1.54) is 10.8 Å². The summed E-state index contributed by atoms with van der Waals surface area (Å²) in [5.74, 6) is 0. The van der Waals surface area contributed by atoms with Gasteiger partial charge in [0.1, 0.15) is 22.3 Å². The molecule has 0 atom stereocenters. The summed E-state index contributed by atoms with van der Waals surface area (Å²) in [4.78, 5) is 2.36. The van der Waals surface area contributed by atoms with Crippen LogP contribution in [0.25, 0.3) is 93.6 Å². The molecule has 0 N–H and O–H groups in total. The van der Waals surface area contributed by atoms with Gasteiger partial charge in [-0.15, -0.1) is 0 Å². The predicted octanol–water partition coefficient (Wildman–Crippen LogP) is 15.4. The number of hydrogen-bond donors (Lipinski definition) is 0. The molecule has 0 unspecified atom stereocenters. The maximum absolute atomic E-state index is 6.94. The fraction of sp³-hybridized carbons (Fsp3) is 0. The highest BCUT2D eigenvalue weighted by Gasteiger charge is 2.26. The minimum atomic E-state index is 0.848. The molecule has 4 nitrogen and oxygen atoms in total. The molecule has 9 aromatic carbocycles. The molecular formula is C54H34N2O2. The second kappa shape index (κ2) is 12.9. The van der Waals surface area contributed by atoms with Gasteiger partial charge in [-0.3, -0.25) is 0 Å². The van der Waals surface area contributed by atoms with E-state index in [9.17, 15) is 0 Å². The Hall–Kier alpha value is -7.82. The first-order chi connectivity index (χ1) is 28.8. The third-order valence-corrected chi connectivity index (χ3v) is 11.6.